The molecule has 0 bridgehead atoms. The molecule has 0 fully saturated rings. The minimum absolute atomic E-state index is 0.317. The zero-order chi connectivity index (χ0) is 14.0. The van der Waals surface area contributed by atoms with Crippen molar-refractivity contribution < 1.29 is 14.1 Å². The number of hydrogen-bond donors (Lipinski definition) is 0. The van der Waals surface area contributed by atoms with Crippen LogP contribution in [0.3, 0.4) is 0 Å². The maximum Gasteiger partial charge on any atom is 0.433 e. The molecule has 2 aromatic rings. The zero-order valence-electron chi connectivity index (χ0n) is 10.4. The van der Waals surface area contributed by atoms with Gasteiger partial charge in [-0.25, -0.2) is 0 Å². The molecule has 6 heteroatoms. The van der Waals surface area contributed by atoms with Crippen LogP contribution in [0, 0.1) is 17.0 Å². The number of rotatable bonds is 4. The Hall–Kier alpha value is -2.01. The summed E-state index contributed by atoms with van der Waals surface area (Å²) in [6, 6.07) is 8.35. The molecule has 0 N–H and O–H groups in total. The molecule has 1 aromatic heterocycles. The molecule has 0 saturated carbocycles. The number of aryl methyl sites for hydroxylation is 1. The predicted octanol–water partition coefficient (Wildman–Crippen LogP) is 3.83. The smallest absolute Gasteiger partial charge is 0.433 e. The fourth-order valence-electron chi connectivity index (χ4n) is 1.78. The van der Waals surface area contributed by atoms with Gasteiger partial charge >= 0.3 is 5.88 Å². The highest BCUT2D eigenvalue weighted by Crippen LogP contribution is 2.37. The van der Waals surface area contributed by atoms with Crippen molar-refractivity contribution in [3.63, 3.8) is 0 Å². The number of halogens is 1. The molecule has 0 aliphatic heterocycles. The molecular formula is C13H12ClNO4. The lowest BCUT2D eigenvalue weighted by Gasteiger charge is -2.12. The second-order valence-electron chi connectivity index (χ2n) is 4.04. The summed E-state index contributed by atoms with van der Waals surface area (Å²) in [5.74, 6) is 0.606. The van der Waals surface area contributed by atoms with Gasteiger partial charge in [-0.05, 0) is 19.1 Å². The van der Waals surface area contributed by atoms with E-state index in [1.165, 1.54) is 12.1 Å². The Morgan fingerprint density at radius 2 is 2.11 bits per heavy atom. The maximum atomic E-state index is 10.6. The molecule has 0 aliphatic rings. The fraction of sp³-hybridized carbons (Fsp3) is 0.231. The first-order valence-electron chi connectivity index (χ1n) is 5.55. The lowest BCUT2D eigenvalue weighted by Crippen LogP contribution is -1.97. The van der Waals surface area contributed by atoms with E-state index in [0.717, 1.165) is 5.56 Å². The largest absolute Gasteiger partial charge is 0.496 e. The van der Waals surface area contributed by atoms with E-state index in [2.05, 4.69) is 0 Å². The lowest BCUT2D eigenvalue weighted by molar-refractivity contribution is -0.402. The molecule has 1 heterocycles. The topological polar surface area (TPSA) is 65.5 Å². The van der Waals surface area contributed by atoms with Crippen molar-refractivity contribution in [3.05, 3.63) is 57.3 Å². The maximum absolute atomic E-state index is 10.6. The first-order chi connectivity index (χ1) is 9.02. The molecule has 1 atom stereocenters. The molecule has 0 spiro atoms. The van der Waals surface area contributed by atoms with Gasteiger partial charge in [0.25, 0.3) is 0 Å². The van der Waals surface area contributed by atoms with E-state index >= 15 is 0 Å². The Labute approximate surface area is 114 Å². The van der Waals surface area contributed by atoms with Crippen molar-refractivity contribution in [3.8, 4) is 5.75 Å². The van der Waals surface area contributed by atoms with Crippen molar-refractivity contribution in [2.24, 2.45) is 0 Å². The van der Waals surface area contributed by atoms with E-state index in [0.29, 0.717) is 17.1 Å². The van der Waals surface area contributed by atoms with Crippen LogP contribution in [0.4, 0.5) is 5.88 Å². The van der Waals surface area contributed by atoms with Gasteiger partial charge in [0.15, 0.2) is 0 Å². The van der Waals surface area contributed by atoms with Crippen LogP contribution in [0.5, 0.6) is 5.75 Å². The number of nitro groups is 1. The van der Waals surface area contributed by atoms with E-state index in [9.17, 15) is 10.1 Å². The second-order valence-corrected chi connectivity index (χ2v) is 4.48. The summed E-state index contributed by atoms with van der Waals surface area (Å²) in [6.45, 7) is 1.93. The number of hydrogen-bond acceptors (Lipinski definition) is 4. The summed E-state index contributed by atoms with van der Waals surface area (Å²) >= 11 is 6.31. The predicted molar refractivity (Wildman–Crippen MR) is 70.8 cm³/mol. The van der Waals surface area contributed by atoms with E-state index in [1.54, 1.807) is 13.2 Å². The van der Waals surface area contributed by atoms with Crippen LogP contribution in [0.15, 0.2) is 34.7 Å². The highest BCUT2D eigenvalue weighted by atomic mass is 35.5. The van der Waals surface area contributed by atoms with E-state index in [1.807, 2.05) is 19.1 Å². The third kappa shape index (κ3) is 2.71. The van der Waals surface area contributed by atoms with E-state index in [4.69, 9.17) is 20.8 Å². The van der Waals surface area contributed by atoms with Gasteiger partial charge in [-0.15, -0.1) is 11.6 Å². The molecule has 0 radical (unpaired) electrons. The summed E-state index contributed by atoms with van der Waals surface area (Å²) < 4.78 is 10.4. The normalized spacial score (nSPS) is 12.2. The SMILES string of the molecule is COc1ccc(C)cc1C(Cl)c1ccc([N+](=O)[O-])o1. The van der Waals surface area contributed by atoms with Crippen molar-refractivity contribution >= 4 is 17.5 Å². The molecule has 0 aliphatic carbocycles. The molecule has 2 rings (SSSR count). The van der Waals surface area contributed by atoms with Crippen molar-refractivity contribution in [1.29, 1.82) is 0 Å². The standard InChI is InChI=1S/C13H12ClNO4/c1-8-3-4-10(18-2)9(7-8)13(14)11-5-6-12(19-11)15(16)17/h3-7,13H,1-2H3. The Morgan fingerprint density at radius 1 is 1.37 bits per heavy atom. The average Bonchev–Trinajstić information content (AvgIpc) is 2.87. The van der Waals surface area contributed by atoms with E-state index in [-0.39, 0.29) is 5.88 Å². The summed E-state index contributed by atoms with van der Waals surface area (Å²) in [5.41, 5.74) is 1.73. The van der Waals surface area contributed by atoms with Crippen LogP contribution >= 0.6 is 11.6 Å². The number of ether oxygens (including phenoxy) is 1. The van der Waals surface area contributed by atoms with E-state index < -0.39 is 10.3 Å². The molecular weight excluding hydrogens is 270 g/mol. The fourth-order valence-corrected chi connectivity index (χ4v) is 2.07. The second kappa shape index (κ2) is 5.32. The molecule has 1 unspecified atom stereocenters. The number of benzene rings is 1. The molecule has 0 amide bonds. The van der Waals surface area contributed by atoms with Crippen LogP contribution in [0.1, 0.15) is 22.3 Å². The first kappa shape index (κ1) is 13.4. The monoisotopic (exact) mass is 281 g/mol. The minimum Gasteiger partial charge on any atom is -0.496 e. The highest BCUT2D eigenvalue weighted by molar-refractivity contribution is 6.22. The summed E-state index contributed by atoms with van der Waals surface area (Å²) in [6.07, 6.45) is 0. The number of nitrogens with zero attached hydrogens (tertiary/aromatic N) is 1. The number of alkyl halides is 1. The third-order valence-corrected chi connectivity index (χ3v) is 3.15. The molecule has 19 heavy (non-hydrogen) atoms. The van der Waals surface area contributed by atoms with Crippen LogP contribution in [-0.4, -0.2) is 12.0 Å². The molecule has 0 saturated heterocycles. The Balaban J connectivity index is 2.39. The van der Waals surface area contributed by atoms with Gasteiger partial charge in [0, 0.05) is 5.56 Å². The minimum atomic E-state index is -0.636. The number of methoxy groups -OCH3 is 1. The first-order valence-corrected chi connectivity index (χ1v) is 5.99. The molecule has 5 nitrogen and oxygen atoms in total. The zero-order valence-corrected chi connectivity index (χ0v) is 11.2. The quantitative estimate of drug-likeness (QED) is 0.485. The van der Waals surface area contributed by atoms with Crippen molar-refractivity contribution in [1.82, 2.24) is 0 Å². The summed E-state index contributed by atoms with van der Waals surface area (Å²) in [5, 5.41) is 9.96. The van der Waals surface area contributed by atoms with Gasteiger partial charge in [-0.2, -0.15) is 0 Å². The number of furan rings is 1. The van der Waals surface area contributed by atoms with Crippen molar-refractivity contribution in [2.75, 3.05) is 7.11 Å². The Kier molecular flexibility index (Phi) is 3.76. The molecule has 100 valence electrons. The van der Waals surface area contributed by atoms with Crippen LogP contribution in [-0.2, 0) is 0 Å². The van der Waals surface area contributed by atoms with Crippen LogP contribution in [0.2, 0.25) is 0 Å². The third-order valence-electron chi connectivity index (χ3n) is 2.70. The summed E-state index contributed by atoms with van der Waals surface area (Å²) in [4.78, 5) is 10.00. The van der Waals surface area contributed by atoms with Crippen LogP contribution < -0.4 is 4.74 Å². The van der Waals surface area contributed by atoms with Crippen molar-refractivity contribution in [2.45, 2.75) is 12.3 Å². The van der Waals surface area contributed by atoms with Gasteiger partial charge in [-0.1, -0.05) is 17.7 Å². The highest BCUT2D eigenvalue weighted by Gasteiger charge is 2.22. The van der Waals surface area contributed by atoms with Gasteiger partial charge in [-0.3, -0.25) is 10.1 Å². The summed E-state index contributed by atoms with van der Waals surface area (Å²) in [7, 11) is 1.54. The average molecular weight is 282 g/mol. The lowest BCUT2D eigenvalue weighted by atomic mass is 10.1. The van der Waals surface area contributed by atoms with Gasteiger partial charge in [0.1, 0.15) is 21.8 Å². The Morgan fingerprint density at radius 3 is 2.68 bits per heavy atom. The van der Waals surface area contributed by atoms with Gasteiger partial charge < -0.3 is 9.15 Å². The molecule has 1 aromatic carbocycles. The van der Waals surface area contributed by atoms with Gasteiger partial charge in [0.05, 0.1) is 13.2 Å². The Bertz CT molecular complexity index is 608. The van der Waals surface area contributed by atoms with Gasteiger partial charge in [0.2, 0.25) is 0 Å². The van der Waals surface area contributed by atoms with Crippen LogP contribution in [0.25, 0.3) is 0 Å².